The van der Waals surface area contributed by atoms with Crippen LogP contribution in [0, 0.1) is 0 Å². The van der Waals surface area contributed by atoms with Crippen molar-refractivity contribution in [2.45, 2.75) is 0 Å². The molecule has 3 heteroatoms. The predicted octanol–water partition coefficient (Wildman–Crippen LogP) is -0.343. The van der Waals surface area contributed by atoms with Crippen molar-refractivity contribution in [3.05, 3.63) is 0 Å². The maximum atomic E-state index is 8.00. The van der Waals surface area contributed by atoms with Crippen LogP contribution in [-0.2, 0) is 21.3 Å². The van der Waals surface area contributed by atoms with E-state index in [1.807, 2.05) is 6.79 Å². The maximum absolute atomic E-state index is 8.00. The molecule has 0 amide bonds. The zero-order valence-electron chi connectivity index (χ0n) is 4.14. The van der Waals surface area contributed by atoms with E-state index in [2.05, 4.69) is 0 Å². The summed E-state index contributed by atoms with van der Waals surface area (Å²) in [6.07, 6.45) is 0. The van der Waals surface area contributed by atoms with Crippen molar-refractivity contribution < 1.29 is 24.1 Å². The minimum Gasteiger partial charge on any atom is -1.00 e. The molecule has 0 atom stereocenters. The zero-order chi connectivity index (χ0) is 2.00. The average molecular weight is 228 g/mol. The van der Waals surface area contributed by atoms with Gasteiger partial charge in [0.15, 0.2) is 0 Å². The van der Waals surface area contributed by atoms with Gasteiger partial charge >= 0.3 is 48.9 Å². The molecule has 0 saturated heterocycles. The summed E-state index contributed by atoms with van der Waals surface area (Å²) in [5.74, 6) is 0. The van der Waals surface area contributed by atoms with Crippen LogP contribution in [0.25, 0.3) is 0 Å². The van der Waals surface area contributed by atoms with Crippen molar-refractivity contribution in [1.82, 2.24) is 0 Å². The van der Waals surface area contributed by atoms with Crippen LogP contribution in [0.1, 0.15) is 2.85 Å². The van der Waals surface area contributed by atoms with Crippen LogP contribution in [0.5, 0.6) is 0 Å². The molecule has 4 heavy (non-hydrogen) atoms. The van der Waals surface area contributed by atoms with E-state index in [1.54, 1.807) is 0 Å². The SMILES string of the molecule is C=O.[Ba+2].[H-].[H-].[Ni]. The summed E-state index contributed by atoms with van der Waals surface area (Å²) in [6.45, 7) is 2.00. The minimum absolute atomic E-state index is 0. The van der Waals surface area contributed by atoms with Crippen LogP contribution in [-0.4, -0.2) is 55.7 Å². The molecule has 0 aliphatic heterocycles. The van der Waals surface area contributed by atoms with E-state index in [9.17, 15) is 0 Å². The molecule has 0 aromatic carbocycles. The molecule has 26 valence electrons. The third-order valence-electron chi connectivity index (χ3n) is 0. The Bertz CT molecular complexity index is 13.5. The van der Waals surface area contributed by atoms with Crippen LogP contribution in [0.2, 0.25) is 0 Å². The molecular formula is CH4BaNiO. The molecule has 0 spiro atoms. The smallest absolute Gasteiger partial charge is 1.00 e. The van der Waals surface area contributed by atoms with Gasteiger partial charge in [0.1, 0.15) is 6.79 Å². The monoisotopic (exact) mass is 228 g/mol. The normalized spacial score (nSPS) is 1.00. The van der Waals surface area contributed by atoms with Gasteiger partial charge in [-0.15, -0.1) is 0 Å². The molecule has 0 aliphatic rings. The Morgan fingerprint density at radius 3 is 1.50 bits per heavy atom. The molecule has 0 aromatic rings. The Balaban J connectivity index is -0.000000000833. The first kappa shape index (κ1) is 17.2. The average Bonchev–Trinajstić information content (AvgIpc) is 1.00. The van der Waals surface area contributed by atoms with Gasteiger partial charge in [-0.1, -0.05) is 0 Å². The molecule has 0 N–H and O–H groups in total. The molecule has 0 fully saturated rings. The zero-order valence-corrected chi connectivity index (χ0v) is 7.57. The van der Waals surface area contributed by atoms with Crippen molar-refractivity contribution in [2.24, 2.45) is 0 Å². The van der Waals surface area contributed by atoms with E-state index in [1.165, 1.54) is 0 Å². The van der Waals surface area contributed by atoms with E-state index >= 15 is 0 Å². The van der Waals surface area contributed by atoms with Gasteiger partial charge in [-0.05, 0) is 0 Å². The number of hydrogen-bond acceptors (Lipinski definition) is 1. The van der Waals surface area contributed by atoms with Crippen LogP contribution >= 0.6 is 0 Å². The van der Waals surface area contributed by atoms with Crippen LogP contribution in [0.15, 0.2) is 0 Å². The number of carbonyl (C=O) groups is 1. The summed E-state index contributed by atoms with van der Waals surface area (Å²) in [6, 6.07) is 0. The largest absolute Gasteiger partial charge is 2.00 e. The fourth-order valence-corrected chi connectivity index (χ4v) is 0. The Morgan fingerprint density at radius 2 is 1.50 bits per heavy atom. The first-order chi connectivity index (χ1) is 1.00. The van der Waals surface area contributed by atoms with Crippen LogP contribution in [0.4, 0.5) is 0 Å². The Hall–Kier alpha value is 1.73. The van der Waals surface area contributed by atoms with Crippen molar-refractivity contribution in [3.63, 3.8) is 0 Å². The second-order valence-corrected chi connectivity index (χ2v) is 0. The van der Waals surface area contributed by atoms with Gasteiger partial charge < -0.3 is 7.65 Å². The second-order valence-electron chi connectivity index (χ2n) is 0. The molecule has 0 heterocycles. The Morgan fingerprint density at radius 1 is 1.50 bits per heavy atom. The number of carbonyl (C=O) groups excluding carboxylic acids is 1. The summed E-state index contributed by atoms with van der Waals surface area (Å²) < 4.78 is 0. The molecule has 0 aliphatic carbocycles. The molecular weight excluding hydrogens is 224 g/mol. The van der Waals surface area contributed by atoms with Gasteiger partial charge in [0.05, 0.1) is 0 Å². The Kier molecular flexibility index (Phi) is 94.3. The van der Waals surface area contributed by atoms with Gasteiger partial charge in [0, 0.05) is 16.5 Å². The first-order valence-corrected chi connectivity index (χ1v) is 0.289. The molecule has 0 aromatic heterocycles. The van der Waals surface area contributed by atoms with Crippen molar-refractivity contribution >= 4 is 55.7 Å². The van der Waals surface area contributed by atoms with Gasteiger partial charge in [-0.3, -0.25) is 0 Å². The fraction of sp³-hybridized carbons (Fsp3) is 0. The maximum Gasteiger partial charge on any atom is 2.00 e. The predicted molar refractivity (Wildman–Crippen MR) is 15.1 cm³/mol. The van der Waals surface area contributed by atoms with E-state index in [0.717, 1.165) is 0 Å². The summed E-state index contributed by atoms with van der Waals surface area (Å²) >= 11 is 0. The standard InChI is InChI=1S/CH2O.Ba.Ni.2H/c1-2;;;;/h1H2;;;;/q;+2;;2*-1. The fourth-order valence-electron chi connectivity index (χ4n) is 0. The number of hydrogen-bond donors (Lipinski definition) is 0. The van der Waals surface area contributed by atoms with Crippen molar-refractivity contribution in [2.75, 3.05) is 0 Å². The van der Waals surface area contributed by atoms with E-state index in [4.69, 9.17) is 4.79 Å². The van der Waals surface area contributed by atoms with Crippen LogP contribution in [0.3, 0.4) is 0 Å². The molecule has 0 saturated carbocycles. The van der Waals surface area contributed by atoms with Crippen molar-refractivity contribution in [1.29, 1.82) is 0 Å². The summed E-state index contributed by atoms with van der Waals surface area (Å²) in [5.41, 5.74) is 0. The third kappa shape index (κ3) is 9.28. The van der Waals surface area contributed by atoms with Crippen LogP contribution < -0.4 is 0 Å². The summed E-state index contributed by atoms with van der Waals surface area (Å²) in [4.78, 5) is 8.00. The van der Waals surface area contributed by atoms with E-state index in [-0.39, 0.29) is 68.2 Å². The topological polar surface area (TPSA) is 17.1 Å². The van der Waals surface area contributed by atoms with Gasteiger partial charge in [-0.25, -0.2) is 0 Å². The van der Waals surface area contributed by atoms with E-state index in [0.29, 0.717) is 0 Å². The summed E-state index contributed by atoms with van der Waals surface area (Å²) in [5, 5.41) is 0. The quantitative estimate of drug-likeness (QED) is 0.518. The third-order valence-corrected chi connectivity index (χ3v) is 0. The van der Waals surface area contributed by atoms with Gasteiger partial charge in [-0.2, -0.15) is 0 Å². The minimum atomic E-state index is 0. The molecule has 1 nitrogen and oxygen atoms in total. The van der Waals surface area contributed by atoms with E-state index < -0.39 is 0 Å². The molecule has 0 rings (SSSR count). The van der Waals surface area contributed by atoms with Crippen molar-refractivity contribution in [3.8, 4) is 0 Å². The van der Waals surface area contributed by atoms with Gasteiger partial charge in [0.2, 0.25) is 0 Å². The second kappa shape index (κ2) is 21.9. The molecule has 0 radical (unpaired) electrons. The summed E-state index contributed by atoms with van der Waals surface area (Å²) in [7, 11) is 0. The number of rotatable bonds is 0. The first-order valence-electron chi connectivity index (χ1n) is 0.289. The van der Waals surface area contributed by atoms with Gasteiger partial charge in [0.25, 0.3) is 0 Å². The molecule has 0 bridgehead atoms. The molecule has 0 unspecified atom stereocenters. The Labute approximate surface area is 78.5 Å².